The van der Waals surface area contributed by atoms with Gasteiger partial charge in [-0.15, -0.1) is 0 Å². The van der Waals surface area contributed by atoms with Crippen molar-refractivity contribution < 1.29 is 19.4 Å². The first kappa shape index (κ1) is 16.5. The predicted molar refractivity (Wildman–Crippen MR) is 82.4 cm³/mol. The Hall–Kier alpha value is -1.88. The summed E-state index contributed by atoms with van der Waals surface area (Å²) >= 11 is 0. The van der Waals surface area contributed by atoms with E-state index in [1.54, 1.807) is 18.2 Å². The summed E-state index contributed by atoms with van der Waals surface area (Å²) < 4.78 is 5.27. The smallest absolute Gasteiger partial charge is 0.335 e. The Kier molecular flexibility index (Phi) is 6.40. The van der Waals surface area contributed by atoms with E-state index in [1.807, 2.05) is 6.07 Å². The summed E-state index contributed by atoms with van der Waals surface area (Å²) in [5.74, 6) is -1.02. The second-order valence-corrected chi connectivity index (χ2v) is 5.73. The molecule has 1 aromatic carbocycles. The third kappa shape index (κ3) is 5.15. The van der Waals surface area contributed by atoms with Gasteiger partial charge in [0, 0.05) is 6.54 Å². The topological polar surface area (TPSA) is 75.6 Å². The van der Waals surface area contributed by atoms with Crippen LogP contribution < -0.4 is 5.32 Å². The highest BCUT2D eigenvalue weighted by atomic mass is 16.5. The van der Waals surface area contributed by atoms with Gasteiger partial charge in [-0.05, 0) is 30.5 Å². The van der Waals surface area contributed by atoms with E-state index in [1.165, 1.54) is 12.8 Å². The van der Waals surface area contributed by atoms with Gasteiger partial charge in [0.25, 0.3) is 0 Å². The minimum Gasteiger partial charge on any atom is -0.478 e. The summed E-state index contributed by atoms with van der Waals surface area (Å²) in [6.45, 7) is 0.631. The van der Waals surface area contributed by atoms with Crippen LogP contribution in [0, 0.1) is 5.92 Å². The maximum Gasteiger partial charge on any atom is 0.335 e. The van der Waals surface area contributed by atoms with Gasteiger partial charge in [-0.2, -0.15) is 0 Å². The van der Waals surface area contributed by atoms with Gasteiger partial charge >= 0.3 is 11.9 Å². The number of aromatic carboxylic acids is 1. The van der Waals surface area contributed by atoms with Crippen molar-refractivity contribution in [3.63, 3.8) is 0 Å². The predicted octanol–water partition coefficient (Wildman–Crippen LogP) is 2.95. The van der Waals surface area contributed by atoms with Crippen LogP contribution in [0.5, 0.6) is 0 Å². The van der Waals surface area contributed by atoms with Crippen LogP contribution in [0.3, 0.4) is 0 Å². The highest BCUT2D eigenvalue weighted by molar-refractivity contribution is 5.87. The van der Waals surface area contributed by atoms with Crippen molar-refractivity contribution in [2.45, 2.75) is 45.1 Å². The molecule has 0 aromatic heterocycles. The molecular formula is C17H23NO4. The first-order chi connectivity index (χ1) is 10.7. The van der Waals surface area contributed by atoms with Crippen LogP contribution in [0.4, 0.5) is 0 Å². The summed E-state index contributed by atoms with van der Waals surface area (Å²) in [5, 5.41) is 11.9. The largest absolute Gasteiger partial charge is 0.478 e. The maximum atomic E-state index is 12.0. The zero-order chi connectivity index (χ0) is 15.8. The molecule has 0 spiro atoms. The molecule has 5 heteroatoms. The molecule has 1 aromatic rings. The molecule has 1 aliphatic carbocycles. The molecule has 0 bridgehead atoms. The summed E-state index contributed by atoms with van der Waals surface area (Å²) in [6, 6.07) is 6.71. The lowest BCUT2D eigenvalue weighted by atomic mass is 10.0. The number of esters is 1. The van der Waals surface area contributed by atoms with E-state index in [0.29, 0.717) is 6.54 Å². The highest BCUT2D eigenvalue weighted by Crippen LogP contribution is 2.23. The molecular weight excluding hydrogens is 282 g/mol. The Balaban J connectivity index is 1.71. The number of nitrogens with one attached hydrogen (secondary N) is 1. The number of carbonyl (C=O) groups is 2. The standard InChI is InChI=1S/C17H23NO4/c19-16(20)15-9-5-6-13(10-15)11-18-12-22-17(21)14-7-3-1-2-4-8-14/h5-6,9-10,14,18H,1-4,7-8,11-12H2,(H,19,20). The molecule has 5 nitrogen and oxygen atoms in total. The maximum absolute atomic E-state index is 12.0. The molecule has 0 amide bonds. The van der Waals surface area contributed by atoms with Crippen molar-refractivity contribution in [3.05, 3.63) is 35.4 Å². The number of rotatable bonds is 6. The lowest BCUT2D eigenvalue weighted by Crippen LogP contribution is -2.24. The molecule has 0 aliphatic heterocycles. The van der Waals surface area contributed by atoms with E-state index in [0.717, 1.165) is 31.2 Å². The monoisotopic (exact) mass is 305 g/mol. The van der Waals surface area contributed by atoms with Gasteiger partial charge in [0.1, 0.15) is 6.73 Å². The number of benzene rings is 1. The van der Waals surface area contributed by atoms with E-state index >= 15 is 0 Å². The van der Waals surface area contributed by atoms with Gasteiger partial charge in [-0.1, -0.05) is 37.8 Å². The number of hydrogen-bond donors (Lipinski definition) is 2. The fourth-order valence-corrected chi connectivity index (χ4v) is 2.76. The van der Waals surface area contributed by atoms with Crippen LogP contribution in [0.25, 0.3) is 0 Å². The van der Waals surface area contributed by atoms with Crippen LogP contribution in [0.1, 0.15) is 54.4 Å². The zero-order valence-electron chi connectivity index (χ0n) is 12.7. The number of ether oxygens (including phenoxy) is 1. The van der Waals surface area contributed by atoms with Crippen LogP contribution >= 0.6 is 0 Å². The number of carboxylic acids is 1. The molecule has 1 aliphatic rings. The van der Waals surface area contributed by atoms with Crippen molar-refractivity contribution in [2.75, 3.05) is 6.73 Å². The number of hydrogen-bond acceptors (Lipinski definition) is 4. The first-order valence-electron chi connectivity index (χ1n) is 7.86. The summed E-state index contributed by atoms with van der Waals surface area (Å²) in [6.07, 6.45) is 6.49. The van der Waals surface area contributed by atoms with E-state index < -0.39 is 5.97 Å². The number of carboxylic acid groups (broad SMARTS) is 1. The van der Waals surface area contributed by atoms with Crippen LogP contribution in [0.15, 0.2) is 24.3 Å². The molecule has 0 unspecified atom stereocenters. The Morgan fingerprint density at radius 2 is 1.91 bits per heavy atom. The summed E-state index contributed by atoms with van der Waals surface area (Å²) in [4.78, 5) is 22.9. The number of carbonyl (C=O) groups excluding carboxylic acids is 1. The van der Waals surface area contributed by atoms with Crippen LogP contribution in [0.2, 0.25) is 0 Å². The lowest BCUT2D eigenvalue weighted by Gasteiger charge is -2.13. The van der Waals surface area contributed by atoms with Crippen molar-refractivity contribution in [2.24, 2.45) is 5.92 Å². The fraction of sp³-hybridized carbons (Fsp3) is 0.529. The first-order valence-corrected chi connectivity index (χ1v) is 7.86. The second kappa shape index (κ2) is 8.54. The third-order valence-electron chi connectivity index (χ3n) is 4.01. The van der Waals surface area contributed by atoms with Gasteiger partial charge in [-0.3, -0.25) is 10.1 Å². The molecule has 1 saturated carbocycles. The zero-order valence-corrected chi connectivity index (χ0v) is 12.7. The van der Waals surface area contributed by atoms with Crippen LogP contribution in [-0.2, 0) is 16.1 Å². The normalized spacial score (nSPS) is 16.0. The molecule has 2 N–H and O–H groups in total. The minimum atomic E-state index is -0.943. The van der Waals surface area contributed by atoms with Gasteiger partial charge in [-0.25, -0.2) is 4.79 Å². The van der Waals surface area contributed by atoms with Crippen molar-refractivity contribution in [1.82, 2.24) is 5.32 Å². The molecule has 0 atom stereocenters. The quantitative estimate of drug-likeness (QED) is 0.366. The Morgan fingerprint density at radius 1 is 1.18 bits per heavy atom. The van der Waals surface area contributed by atoms with Crippen molar-refractivity contribution in [1.29, 1.82) is 0 Å². The van der Waals surface area contributed by atoms with Crippen molar-refractivity contribution >= 4 is 11.9 Å². The third-order valence-corrected chi connectivity index (χ3v) is 4.01. The van der Waals surface area contributed by atoms with E-state index in [-0.39, 0.29) is 24.2 Å². The Bertz CT molecular complexity index is 507. The van der Waals surface area contributed by atoms with Gasteiger partial charge < -0.3 is 9.84 Å². The van der Waals surface area contributed by atoms with Gasteiger partial charge in [0.05, 0.1) is 11.5 Å². The Morgan fingerprint density at radius 3 is 2.59 bits per heavy atom. The molecule has 0 heterocycles. The second-order valence-electron chi connectivity index (χ2n) is 5.73. The highest BCUT2D eigenvalue weighted by Gasteiger charge is 2.21. The van der Waals surface area contributed by atoms with Crippen molar-refractivity contribution in [3.8, 4) is 0 Å². The summed E-state index contributed by atoms with van der Waals surface area (Å²) in [5.41, 5.74) is 1.11. The fourth-order valence-electron chi connectivity index (χ4n) is 2.76. The molecule has 1 fully saturated rings. The summed E-state index contributed by atoms with van der Waals surface area (Å²) in [7, 11) is 0. The molecule has 2 rings (SSSR count). The molecule has 0 radical (unpaired) electrons. The molecule has 0 saturated heterocycles. The average Bonchev–Trinajstić information content (AvgIpc) is 2.81. The van der Waals surface area contributed by atoms with E-state index in [2.05, 4.69) is 5.32 Å². The molecule has 22 heavy (non-hydrogen) atoms. The van der Waals surface area contributed by atoms with E-state index in [9.17, 15) is 9.59 Å². The average molecular weight is 305 g/mol. The van der Waals surface area contributed by atoms with Gasteiger partial charge in [0.15, 0.2) is 0 Å². The van der Waals surface area contributed by atoms with Crippen LogP contribution in [-0.4, -0.2) is 23.8 Å². The Labute approximate surface area is 130 Å². The lowest BCUT2D eigenvalue weighted by molar-refractivity contribution is -0.149. The van der Waals surface area contributed by atoms with Gasteiger partial charge in [0.2, 0.25) is 0 Å². The molecule has 120 valence electrons. The SMILES string of the molecule is O=C(O)c1cccc(CNCOC(=O)C2CCCCCC2)c1. The minimum absolute atomic E-state index is 0.0413. The van der Waals surface area contributed by atoms with E-state index in [4.69, 9.17) is 9.84 Å².